The topological polar surface area (TPSA) is 23.5 Å². The average molecular weight is 213 g/mol. The average Bonchev–Trinajstić information content (AvgIpc) is 2.18. The van der Waals surface area contributed by atoms with Gasteiger partial charge in [-0.25, -0.2) is 0 Å². The monoisotopic (exact) mass is 213 g/mol. The van der Waals surface area contributed by atoms with E-state index in [-0.39, 0.29) is 6.10 Å². The molecule has 0 aromatic heterocycles. The Hall–Kier alpha value is -0.0800. The number of hydrogen-bond donors (Lipinski definition) is 1. The van der Waals surface area contributed by atoms with Crippen LogP contribution in [0.25, 0.3) is 0 Å². The first-order chi connectivity index (χ1) is 7.00. The lowest BCUT2D eigenvalue weighted by Crippen LogP contribution is -2.31. The molecule has 1 fully saturated rings. The van der Waals surface area contributed by atoms with Gasteiger partial charge in [0.15, 0.2) is 0 Å². The van der Waals surface area contributed by atoms with Crippen LogP contribution in [0.1, 0.15) is 39.5 Å². The first kappa shape index (κ1) is 13.0. The van der Waals surface area contributed by atoms with Crippen LogP contribution in [0.5, 0.6) is 0 Å². The summed E-state index contributed by atoms with van der Waals surface area (Å²) in [6.07, 6.45) is 4.59. The molecule has 0 heterocycles. The van der Waals surface area contributed by atoms with Crippen LogP contribution in [0.4, 0.5) is 0 Å². The summed E-state index contributed by atoms with van der Waals surface area (Å²) in [5, 5.41) is 10.1. The van der Waals surface area contributed by atoms with Gasteiger partial charge in [-0.05, 0) is 57.7 Å². The van der Waals surface area contributed by atoms with Crippen molar-refractivity contribution in [1.29, 1.82) is 0 Å². The summed E-state index contributed by atoms with van der Waals surface area (Å²) >= 11 is 0. The van der Waals surface area contributed by atoms with Crippen LogP contribution in [0, 0.1) is 17.8 Å². The summed E-state index contributed by atoms with van der Waals surface area (Å²) in [7, 11) is 4.14. The van der Waals surface area contributed by atoms with Crippen molar-refractivity contribution in [3.8, 4) is 0 Å². The Morgan fingerprint density at radius 3 is 2.40 bits per heavy atom. The SMILES string of the molecule is CC1CCC(C(O)CCN(C)C)CC1C. The molecule has 0 spiro atoms. The molecule has 1 N–H and O–H groups in total. The summed E-state index contributed by atoms with van der Waals surface area (Å²) < 4.78 is 0. The lowest BCUT2D eigenvalue weighted by atomic mass is 9.73. The molecular formula is C13H27NO. The first-order valence-corrected chi connectivity index (χ1v) is 6.33. The van der Waals surface area contributed by atoms with Gasteiger partial charge in [0, 0.05) is 0 Å². The molecule has 0 aromatic carbocycles. The van der Waals surface area contributed by atoms with Crippen molar-refractivity contribution in [3.05, 3.63) is 0 Å². The third-order valence-electron chi connectivity index (χ3n) is 4.05. The van der Waals surface area contributed by atoms with Gasteiger partial charge >= 0.3 is 0 Å². The van der Waals surface area contributed by atoms with Gasteiger partial charge in [0.05, 0.1) is 6.10 Å². The van der Waals surface area contributed by atoms with E-state index in [1.165, 1.54) is 19.3 Å². The largest absolute Gasteiger partial charge is 0.393 e. The molecule has 4 unspecified atom stereocenters. The third kappa shape index (κ3) is 4.12. The summed E-state index contributed by atoms with van der Waals surface area (Å²) in [5.74, 6) is 2.19. The van der Waals surface area contributed by atoms with Gasteiger partial charge in [0.25, 0.3) is 0 Å². The fraction of sp³-hybridized carbons (Fsp3) is 1.00. The molecule has 90 valence electrons. The second-order valence-electron chi connectivity index (χ2n) is 5.69. The highest BCUT2D eigenvalue weighted by Gasteiger charge is 2.28. The van der Waals surface area contributed by atoms with Crippen molar-refractivity contribution in [1.82, 2.24) is 4.90 Å². The molecule has 1 aliphatic carbocycles. The van der Waals surface area contributed by atoms with Gasteiger partial charge in [-0.2, -0.15) is 0 Å². The molecule has 0 aromatic rings. The predicted molar refractivity (Wildman–Crippen MR) is 64.8 cm³/mol. The zero-order chi connectivity index (χ0) is 11.4. The van der Waals surface area contributed by atoms with Crippen LogP contribution < -0.4 is 0 Å². The van der Waals surface area contributed by atoms with E-state index in [1.807, 2.05) is 0 Å². The third-order valence-corrected chi connectivity index (χ3v) is 4.05. The Bertz CT molecular complexity index is 181. The van der Waals surface area contributed by atoms with E-state index in [0.717, 1.165) is 24.8 Å². The van der Waals surface area contributed by atoms with Crippen LogP contribution in [0.15, 0.2) is 0 Å². The Morgan fingerprint density at radius 1 is 1.20 bits per heavy atom. The molecule has 2 nitrogen and oxygen atoms in total. The Balaban J connectivity index is 2.30. The van der Waals surface area contributed by atoms with Crippen molar-refractivity contribution in [2.45, 2.75) is 45.6 Å². The second-order valence-corrected chi connectivity index (χ2v) is 5.69. The molecule has 1 saturated carbocycles. The summed E-state index contributed by atoms with van der Waals surface area (Å²) in [6.45, 7) is 5.67. The van der Waals surface area contributed by atoms with Gasteiger partial charge in [-0.15, -0.1) is 0 Å². The molecular weight excluding hydrogens is 186 g/mol. The number of rotatable bonds is 4. The van der Waals surface area contributed by atoms with E-state index in [0.29, 0.717) is 5.92 Å². The maximum atomic E-state index is 10.1. The van der Waals surface area contributed by atoms with Crippen molar-refractivity contribution < 1.29 is 5.11 Å². The Labute approximate surface area is 94.7 Å². The summed E-state index contributed by atoms with van der Waals surface area (Å²) in [4.78, 5) is 2.15. The van der Waals surface area contributed by atoms with Crippen molar-refractivity contribution >= 4 is 0 Å². The standard InChI is InChI=1S/C13H27NO/c1-10-5-6-12(9-11(10)2)13(15)7-8-14(3)4/h10-13,15H,5-9H2,1-4H3. The van der Waals surface area contributed by atoms with Crippen molar-refractivity contribution in [2.24, 2.45) is 17.8 Å². The normalized spacial score (nSPS) is 34.4. The van der Waals surface area contributed by atoms with Crippen molar-refractivity contribution in [2.75, 3.05) is 20.6 Å². The van der Waals surface area contributed by atoms with Crippen LogP contribution in [0.2, 0.25) is 0 Å². The summed E-state index contributed by atoms with van der Waals surface area (Å²) in [6, 6.07) is 0. The molecule has 1 rings (SSSR count). The minimum Gasteiger partial charge on any atom is -0.393 e. The van der Waals surface area contributed by atoms with Crippen molar-refractivity contribution in [3.63, 3.8) is 0 Å². The van der Waals surface area contributed by atoms with Crippen LogP contribution in [-0.2, 0) is 0 Å². The van der Waals surface area contributed by atoms with E-state index in [1.54, 1.807) is 0 Å². The smallest absolute Gasteiger partial charge is 0.0580 e. The Kier molecular flexibility index (Phi) is 5.07. The molecule has 15 heavy (non-hydrogen) atoms. The summed E-state index contributed by atoms with van der Waals surface area (Å²) in [5.41, 5.74) is 0. The van der Waals surface area contributed by atoms with Gasteiger partial charge in [-0.1, -0.05) is 20.3 Å². The molecule has 4 atom stereocenters. The zero-order valence-corrected chi connectivity index (χ0v) is 10.7. The number of aliphatic hydroxyl groups excluding tert-OH is 1. The minimum absolute atomic E-state index is 0.0812. The number of hydrogen-bond acceptors (Lipinski definition) is 2. The lowest BCUT2D eigenvalue weighted by Gasteiger charge is -2.35. The number of aliphatic hydroxyl groups is 1. The first-order valence-electron chi connectivity index (χ1n) is 6.33. The van der Waals surface area contributed by atoms with Gasteiger partial charge in [0.1, 0.15) is 0 Å². The van der Waals surface area contributed by atoms with E-state index < -0.39 is 0 Å². The fourth-order valence-electron chi connectivity index (χ4n) is 2.56. The quantitative estimate of drug-likeness (QED) is 0.775. The maximum Gasteiger partial charge on any atom is 0.0580 e. The minimum atomic E-state index is -0.0812. The van der Waals surface area contributed by atoms with Gasteiger partial charge < -0.3 is 10.0 Å². The van der Waals surface area contributed by atoms with Crippen LogP contribution in [0.3, 0.4) is 0 Å². The predicted octanol–water partition coefficient (Wildman–Crippen LogP) is 2.37. The molecule has 0 saturated heterocycles. The highest BCUT2D eigenvalue weighted by atomic mass is 16.3. The molecule has 0 amide bonds. The highest BCUT2D eigenvalue weighted by Crippen LogP contribution is 2.35. The van der Waals surface area contributed by atoms with Crippen LogP contribution in [-0.4, -0.2) is 36.8 Å². The van der Waals surface area contributed by atoms with Gasteiger partial charge in [0.2, 0.25) is 0 Å². The fourth-order valence-corrected chi connectivity index (χ4v) is 2.56. The van der Waals surface area contributed by atoms with E-state index in [2.05, 4.69) is 32.8 Å². The number of nitrogens with zero attached hydrogens (tertiary/aromatic N) is 1. The Morgan fingerprint density at radius 2 is 1.87 bits per heavy atom. The maximum absolute atomic E-state index is 10.1. The lowest BCUT2D eigenvalue weighted by molar-refractivity contribution is 0.0460. The molecule has 0 bridgehead atoms. The molecule has 2 heteroatoms. The molecule has 0 aliphatic heterocycles. The molecule has 1 aliphatic rings. The highest BCUT2D eigenvalue weighted by molar-refractivity contribution is 4.80. The van der Waals surface area contributed by atoms with E-state index in [9.17, 15) is 5.11 Å². The second kappa shape index (κ2) is 5.86. The molecule has 0 radical (unpaired) electrons. The van der Waals surface area contributed by atoms with E-state index >= 15 is 0 Å². The van der Waals surface area contributed by atoms with E-state index in [4.69, 9.17) is 0 Å². The van der Waals surface area contributed by atoms with Crippen LogP contribution >= 0.6 is 0 Å². The zero-order valence-electron chi connectivity index (χ0n) is 10.7. The van der Waals surface area contributed by atoms with Gasteiger partial charge in [-0.3, -0.25) is 0 Å².